The van der Waals surface area contributed by atoms with Crippen molar-refractivity contribution in [2.75, 3.05) is 18.6 Å². The smallest absolute Gasteiger partial charge is 0.330 e. The first-order valence-corrected chi connectivity index (χ1v) is 14.8. The molecule has 1 aliphatic rings. The maximum Gasteiger partial charge on any atom is 0.330 e. The van der Waals surface area contributed by atoms with Crippen LogP contribution < -0.4 is 10.2 Å². The number of aromatic nitrogens is 1. The molecule has 3 aromatic rings. The van der Waals surface area contributed by atoms with Crippen molar-refractivity contribution in [2.45, 2.75) is 57.5 Å². The first kappa shape index (κ1) is 30.0. The first-order chi connectivity index (χ1) is 20.0. The minimum atomic E-state index is -0.830. The minimum Gasteiger partial charge on any atom is -0.489 e. The first-order valence-electron chi connectivity index (χ1n) is 14.0. The highest BCUT2D eigenvalue weighted by molar-refractivity contribution is 7.22. The molecule has 41 heavy (non-hydrogen) atoms. The number of esters is 2. The number of carbonyl (C=O) groups excluding carboxylic acids is 2. The van der Waals surface area contributed by atoms with E-state index in [4.69, 9.17) is 14.2 Å². The predicted octanol–water partition coefficient (Wildman–Crippen LogP) is 7.02. The van der Waals surface area contributed by atoms with E-state index in [1.807, 2.05) is 30.3 Å². The van der Waals surface area contributed by atoms with E-state index >= 15 is 0 Å². The molecule has 0 bridgehead atoms. The van der Waals surface area contributed by atoms with E-state index in [-0.39, 0.29) is 13.2 Å². The van der Waals surface area contributed by atoms with Crippen LogP contribution in [0.1, 0.15) is 62.5 Å². The third-order valence-electron chi connectivity index (χ3n) is 7.16. The highest BCUT2D eigenvalue weighted by atomic mass is 32.1. The second-order valence-corrected chi connectivity index (χ2v) is 11.1. The Labute approximate surface area is 245 Å². The summed E-state index contributed by atoms with van der Waals surface area (Å²) in [5, 5.41) is 5.15. The van der Waals surface area contributed by atoms with Gasteiger partial charge in [0.2, 0.25) is 5.13 Å². The van der Waals surface area contributed by atoms with Crippen LogP contribution in [0.2, 0.25) is 0 Å². The molecule has 1 atom stereocenters. The molecule has 1 N–H and O–H groups in total. The summed E-state index contributed by atoms with van der Waals surface area (Å²) in [7, 11) is 0. The van der Waals surface area contributed by atoms with E-state index < -0.39 is 18.0 Å². The third-order valence-corrected chi connectivity index (χ3v) is 8.10. The van der Waals surface area contributed by atoms with Crippen LogP contribution >= 0.6 is 11.3 Å². The van der Waals surface area contributed by atoms with Crippen molar-refractivity contribution in [1.29, 1.82) is 0 Å². The number of fused-ring (bicyclic) bond motifs is 1. The Morgan fingerprint density at radius 1 is 1.10 bits per heavy atom. The third kappa shape index (κ3) is 8.75. The van der Waals surface area contributed by atoms with Gasteiger partial charge in [0.15, 0.2) is 6.10 Å². The summed E-state index contributed by atoms with van der Waals surface area (Å²) in [4.78, 5) is 28.0. The zero-order chi connectivity index (χ0) is 29.0. The van der Waals surface area contributed by atoms with Gasteiger partial charge in [0, 0.05) is 17.7 Å². The van der Waals surface area contributed by atoms with Crippen LogP contribution in [0.15, 0.2) is 72.9 Å². The molecule has 0 spiro atoms. The van der Waals surface area contributed by atoms with Crippen LogP contribution in [0, 0.1) is 5.92 Å². The van der Waals surface area contributed by atoms with Gasteiger partial charge in [-0.3, -0.25) is 5.43 Å². The van der Waals surface area contributed by atoms with Gasteiger partial charge in [0.05, 0.1) is 16.4 Å². The molecule has 0 saturated heterocycles. The molecular formula is C32H37N3O5S. The van der Waals surface area contributed by atoms with E-state index in [0.717, 1.165) is 33.9 Å². The summed E-state index contributed by atoms with van der Waals surface area (Å²) >= 11 is 1.53. The molecular weight excluding hydrogens is 538 g/mol. The quantitative estimate of drug-likeness (QED) is 0.0954. The largest absolute Gasteiger partial charge is 0.489 e. The SMILES string of the molecule is C=CC(=O)OCC(COc1ccc(C2CCC(CCC)CC2)cc1/C=N/Nc1nc2ccccc2s1)OC(=O)C=C. The summed E-state index contributed by atoms with van der Waals surface area (Å²) in [5.74, 6) is 0.628. The number of hydrazone groups is 1. The van der Waals surface area contributed by atoms with E-state index in [0.29, 0.717) is 16.8 Å². The molecule has 8 nitrogen and oxygen atoms in total. The summed E-state index contributed by atoms with van der Waals surface area (Å²) in [5.41, 5.74) is 5.99. The topological polar surface area (TPSA) is 99.1 Å². The second kappa shape index (κ2) is 15.1. The standard InChI is InChI=1S/C32H37N3O5S/c1-4-9-22-12-14-23(15-13-22)24-16-17-28(38-20-26(40-31(37)6-3)21-39-30(36)5-2)25(18-24)19-33-35-32-34-27-10-7-8-11-29(27)41-32/h5-8,10-11,16-19,22-23,26H,2-4,9,12-15,20-21H2,1H3,(H,34,35)/b33-19+. The second-order valence-electron chi connectivity index (χ2n) is 10.1. The lowest BCUT2D eigenvalue weighted by Gasteiger charge is -2.29. The Morgan fingerprint density at radius 3 is 2.61 bits per heavy atom. The Morgan fingerprint density at radius 2 is 1.88 bits per heavy atom. The van der Waals surface area contributed by atoms with E-state index in [9.17, 15) is 9.59 Å². The van der Waals surface area contributed by atoms with Crippen molar-refractivity contribution in [1.82, 2.24) is 4.98 Å². The Balaban J connectivity index is 1.51. The zero-order valence-corrected chi connectivity index (χ0v) is 24.2. The normalized spacial score (nSPS) is 17.6. The van der Waals surface area contributed by atoms with Crippen LogP contribution in [0.25, 0.3) is 10.2 Å². The molecule has 1 fully saturated rings. The fourth-order valence-electron chi connectivity index (χ4n) is 5.07. The van der Waals surface area contributed by atoms with Crippen LogP contribution in [0.4, 0.5) is 5.13 Å². The number of rotatable bonds is 14. The number of nitrogens with zero attached hydrogens (tertiary/aromatic N) is 2. The fraction of sp³-hybridized carbons (Fsp3) is 0.375. The lowest BCUT2D eigenvalue weighted by Crippen LogP contribution is -2.30. The molecule has 1 aromatic heterocycles. The minimum absolute atomic E-state index is 0.0301. The van der Waals surface area contributed by atoms with Gasteiger partial charge >= 0.3 is 11.9 Å². The van der Waals surface area contributed by atoms with Crippen LogP contribution in [-0.2, 0) is 19.1 Å². The van der Waals surface area contributed by atoms with Crippen molar-refractivity contribution in [3.63, 3.8) is 0 Å². The fourth-order valence-corrected chi connectivity index (χ4v) is 5.88. The molecule has 4 rings (SSSR count). The van der Waals surface area contributed by atoms with Crippen molar-refractivity contribution in [3.05, 3.63) is 78.9 Å². The van der Waals surface area contributed by atoms with Crippen molar-refractivity contribution in [2.24, 2.45) is 11.0 Å². The monoisotopic (exact) mass is 575 g/mol. The number of nitrogens with one attached hydrogen (secondary N) is 1. The number of para-hydroxylation sites is 1. The average molecular weight is 576 g/mol. The molecule has 1 saturated carbocycles. The number of ether oxygens (including phenoxy) is 3. The van der Waals surface area contributed by atoms with Crippen LogP contribution in [0.5, 0.6) is 5.75 Å². The van der Waals surface area contributed by atoms with Gasteiger partial charge in [0.25, 0.3) is 0 Å². The predicted molar refractivity (Wildman–Crippen MR) is 164 cm³/mol. The van der Waals surface area contributed by atoms with Crippen molar-refractivity contribution in [3.8, 4) is 5.75 Å². The van der Waals surface area contributed by atoms with Gasteiger partial charge in [0.1, 0.15) is 19.0 Å². The summed E-state index contributed by atoms with van der Waals surface area (Å²) in [6, 6.07) is 14.1. The highest BCUT2D eigenvalue weighted by Gasteiger charge is 2.23. The molecule has 0 aliphatic heterocycles. The lowest BCUT2D eigenvalue weighted by atomic mass is 9.77. The van der Waals surface area contributed by atoms with Crippen LogP contribution in [-0.4, -0.2) is 42.5 Å². The van der Waals surface area contributed by atoms with Gasteiger partial charge in [-0.1, -0.05) is 62.5 Å². The van der Waals surface area contributed by atoms with Crippen LogP contribution in [0.3, 0.4) is 0 Å². The molecule has 1 unspecified atom stereocenters. The average Bonchev–Trinajstić information content (AvgIpc) is 3.42. The number of hydrogen-bond acceptors (Lipinski definition) is 9. The summed E-state index contributed by atoms with van der Waals surface area (Å²) < 4.78 is 17.6. The molecule has 1 aliphatic carbocycles. The van der Waals surface area contributed by atoms with E-state index in [2.05, 4.69) is 47.7 Å². The highest BCUT2D eigenvalue weighted by Crippen LogP contribution is 2.38. The Kier molecular flexibility index (Phi) is 11.1. The number of hydrogen-bond donors (Lipinski definition) is 1. The number of benzene rings is 2. The number of anilines is 1. The van der Waals surface area contributed by atoms with Gasteiger partial charge < -0.3 is 14.2 Å². The van der Waals surface area contributed by atoms with Crippen molar-refractivity contribution >= 4 is 44.8 Å². The van der Waals surface area contributed by atoms with Gasteiger partial charge in [-0.2, -0.15) is 5.10 Å². The number of thiazole rings is 1. The molecule has 0 amide bonds. The maximum absolute atomic E-state index is 11.8. The molecule has 2 aromatic carbocycles. The van der Waals surface area contributed by atoms with Crippen molar-refractivity contribution < 1.29 is 23.8 Å². The van der Waals surface area contributed by atoms with Gasteiger partial charge in [-0.25, -0.2) is 14.6 Å². The maximum atomic E-state index is 11.8. The molecule has 0 radical (unpaired) electrons. The molecule has 9 heteroatoms. The van der Waals surface area contributed by atoms with E-state index in [1.165, 1.54) is 55.4 Å². The van der Waals surface area contributed by atoms with Gasteiger partial charge in [-0.05, 0) is 67.3 Å². The Hall–Kier alpha value is -3.98. The summed E-state index contributed by atoms with van der Waals surface area (Å²) in [6.07, 6.45) is 10.4. The van der Waals surface area contributed by atoms with Gasteiger partial charge in [-0.15, -0.1) is 0 Å². The zero-order valence-electron chi connectivity index (χ0n) is 23.4. The number of carbonyl (C=O) groups is 2. The molecule has 216 valence electrons. The lowest BCUT2D eigenvalue weighted by molar-refractivity contribution is -0.154. The molecule has 1 heterocycles. The Bertz CT molecular complexity index is 1340. The summed E-state index contributed by atoms with van der Waals surface area (Å²) in [6.45, 7) is 8.87. The van der Waals surface area contributed by atoms with E-state index in [1.54, 1.807) is 6.21 Å².